The molecular formula is C8H8Cl2O. The summed E-state index contributed by atoms with van der Waals surface area (Å²) in [6, 6.07) is 3.43. The minimum absolute atomic E-state index is 0.0692. The van der Waals surface area contributed by atoms with E-state index in [9.17, 15) is 0 Å². The van der Waals surface area contributed by atoms with Gasteiger partial charge in [-0.15, -0.1) is 0 Å². The van der Waals surface area contributed by atoms with Crippen LogP contribution in [0.4, 0.5) is 0 Å². The second kappa shape index (κ2) is 3.44. The van der Waals surface area contributed by atoms with E-state index in [1.54, 1.807) is 12.1 Å². The summed E-state index contributed by atoms with van der Waals surface area (Å²) in [6.45, 7) is 1.79. The van der Waals surface area contributed by atoms with Gasteiger partial charge < -0.3 is 5.11 Å². The normalized spacial score (nSPS) is 10.2. The highest BCUT2D eigenvalue weighted by molar-refractivity contribution is 6.34. The van der Waals surface area contributed by atoms with Crippen LogP contribution in [-0.4, -0.2) is 5.11 Å². The predicted molar refractivity (Wildman–Crippen MR) is 47.1 cm³/mol. The van der Waals surface area contributed by atoms with Crippen molar-refractivity contribution in [3.8, 4) is 0 Å². The number of aryl methyl sites for hydroxylation is 1. The topological polar surface area (TPSA) is 20.2 Å². The van der Waals surface area contributed by atoms with E-state index in [0.29, 0.717) is 15.6 Å². The Kier molecular flexibility index (Phi) is 2.77. The minimum Gasteiger partial charge on any atom is -0.392 e. The summed E-state index contributed by atoms with van der Waals surface area (Å²) in [7, 11) is 0. The molecule has 0 saturated heterocycles. The average molecular weight is 191 g/mol. The van der Waals surface area contributed by atoms with E-state index in [2.05, 4.69) is 0 Å². The molecule has 0 saturated carbocycles. The molecule has 11 heavy (non-hydrogen) atoms. The van der Waals surface area contributed by atoms with Crippen molar-refractivity contribution in [2.45, 2.75) is 13.5 Å². The molecule has 0 unspecified atom stereocenters. The largest absolute Gasteiger partial charge is 0.392 e. The number of rotatable bonds is 1. The van der Waals surface area contributed by atoms with Crippen LogP contribution >= 0.6 is 23.2 Å². The van der Waals surface area contributed by atoms with E-state index in [1.165, 1.54) is 0 Å². The van der Waals surface area contributed by atoms with Gasteiger partial charge in [-0.25, -0.2) is 0 Å². The maximum atomic E-state index is 8.82. The Morgan fingerprint density at radius 3 is 2.55 bits per heavy atom. The molecule has 0 amide bonds. The molecule has 1 aromatic rings. The Balaban J connectivity index is 3.24. The first-order valence-corrected chi connectivity index (χ1v) is 3.96. The van der Waals surface area contributed by atoms with Crippen LogP contribution < -0.4 is 0 Å². The van der Waals surface area contributed by atoms with Crippen molar-refractivity contribution in [2.75, 3.05) is 0 Å². The quantitative estimate of drug-likeness (QED) is 0.723. The molecule has 0 aliphatic heterocycles. The van der Waals surface area contributed by atoms with Gasteiger partial charge >= 0.3 is 0 Å². The van der Waals surface area contributed by atoms with Gasteiger partial charge in [-0.05, 0) is 30.2 Å². The molecule has 0 bridgehead atoms. The van der Waals surface area contributed by atoms with Gasteiger partial charge in [0.2, 0.25) is 0 Å². The molecule has 0 heterocycles. The van der Waals surface area contributed by atoms with Crippen molar-refractivity contribution < 1.29 is 5.11 Å². The third-order valence-electron chi connectivity index (χ3n) is 1.46. The molecule has 3 heteroatoms. The van der Waals surface area contributed by atoms with Gasteiger partial charge in [0.1, 0.15) is 0 Å². The third-order valence-corrected chi connectivity index (χ3v) is 2.22. The molecule has 0 atom stereocenters. The molecule has 1 N–H and O–H groups in total. The summed E-state index contributed by atoms with van der Waals surface area (Å²) in [5.41, 5.74) is 1.57. The van der Waals surface area contributed by atoms with E-state index >= 15 is 0 Å². The average Bonchev–Trinajstić information content (AvgIpc) is 1.96. The Labute approximate surface area is 75.6 Å². The first-order valence-electron chi connectivity index (χ1n) is 3.20. The van der Waals surface area contributed by atoms with Crippen LogP contribution in [0.25, 0.3) is 0 Å². The summed E-state index contributed by atoms with van der Waals surface area (Å²) >= 11 is 11.6. The second-order valence-electron chi connectivity index (χ2n) is 2.35. The molecule has 0 spiro atoms. The van der Waals surface area contributed by atoms with Crippen LogP contribution in [-0.2, 0) is 6.61 Å². The predicted octanol–water partition coefficient (Wildman–Crippen LogP) is 2.79. The highest BCUT2D eigenvalue weighted by Crippen LogP contribution is 2.24. The molecule has 0 fully saturated rings. The smallest absolute Gasteiger partial charge is 0.0697 e. The highest BCUT2D eigenvalue weighted by Gasteiger charge is 2.03. The number of hydrogen-bond acceptors (Lipinski definition) is 1. The molecule has 0 aromatic heterocycles. The van der Waals surface area contributed by atoms with Gasteiger partial charge in [-0.1, -0.05) is 23.2 Å². The van der Waals surface area contributed by atoms with E-state index < -0.39 is 0 Å². The zero-order chi connectivity index (χ0) is 8.43. The van der Waals surface area contributed by atoms with Crippen molar-refractivity contribution in [1.82, 2.24) is 0 Å². The first-order chi connectivity index (χ1) is 5.15. The zero-order valence-electron chi connectivity index (χ0n) is 6.06. The molecule has 0 radical (unpaired) electrons. The molecule has 0 aliphatic rings. The fraction of sp³-hybridized carbons (Fsp3) is 0.250. The molecule has 1 nitrogen and oxygen atoms in total. The van der Waals surface area contributed by atoms with Crippen LogP contribution in [0.5, 0.6) is 0 Å². The van der Waals surface area contributed by atoms with E-state index in [0.717, 1.165) is 5.56 Å². The highest BCUT2D eigenvalue weighted by atomic mass is 35.5. The van der Waals surface area contributed by atoms with Gasteiger partial charge in [0.25, 0.3) is 0 Å². The van der Waals surface area contributed by atoms with E-state index in [-0.39, 0.29) is 6.61 Å². The monoisotopic (exact) mass is 190 g/mol. The van der Waals surface area contributed by atoms with Crippen LogP contribution in [0.15, 0.2) is 12.1 Å². The van der Waals surface area contributed by atoms with Gasteiger partial charge in [0, 0.05) is 10.0 Å². The Hall–Kier alpha value is -0.240. The molecule has 1 aromatic carbocycles. The van der Waals surface area contributed by atoms with E-state index in [4.69, 9.17) is 28.3 Å². The second-order valence-corrected chi connectivity index (χ2v) is 3.17. The number of halogens is 2. The molecule has 1 rings (SSSR count). The van der Waals surface area contributed by atoms with Crippen LogP contribution in [0.1, 0.15) is 11.1 Å². The fourth-order valence-corrected chi connectivity index (χ4v) is 1.37. The molecule has 0 aliphatic carbocycles. The van der Waals surface area contributed by atoms with Crippen LogP contribution in [0.3, 0.4) is 0 Å². The first kappa shape index (κ1) is 8.85. The lowest BCUT2D eigenvalue weighted by atomic mass is 10.1. The van der Waals surface area contributed by atoms with Crippen LogP contribution in [0.2, 0.25) is 10.0 Å². The number of hydrogen-bond donors (Lipinski definition) is 1. The Morgan fingerprint density at radius 2 is 2.00 bits per heavy atom. The SMILES string of the molecule is Cc1cc(Cl)cc(CO)c1Cl. The lowest BCUT2D eigenvalue weighted by Gasteiger charge is -2.03. The van der Waals surface area contributed by atoms with Crippen molar-refractivity contribution in [1.29, 1.82) is 0 Å². The summed E-state index contributed by atoms with van der Waals surface area (Å²) in [5, 5.41) is 10.0. The van der Waals surface area contributed by atoms with Crippen molar-refractivity contribution in [2.24, 2.45) is 0 Å². The van der Waals surface area contributed by atoms with Gasteiger partial charge in [-0.2, -0.15) is 0 Å². The third kappa shape index (κ3) is 1.86. The van der Waals surface area contributed by atoms with Crippen molar-refractivity contribution in [3.05, 3.63) is 33.3 Å². The van der Waals surface area contributed by atoms with Gasteiger partial charge in [-0.3, -0.25) is 0 Å². The summed E-state index contributed by atoms with van der Waals surface area (Å²) in [4.78, 5) is 0. The van der Waals surface area contributed by atoms with E-state index in [1.807, 2.05) is 6.92 Å². The summed E-state index contributed by atoms with van der Waals surface area (Å²) < 4.78 is 0. The van der Waals surface area contributed by atoms with Gasteiger partial charge in [0.05, 0.1) is 6.61 Å². The molecule has 60 valence electrons. The van der Waals surface area contributed by atoms with Crippen molar-refractivity contribution >= 4 is 23.2 Å². The standard InChI is InChI=1S/C8H8Cl2O/c1-5-2-7(9)3-6(4-11)8(5)10/h2-3,11H,4H2,1H3. The molecular weight excluding hydrogens is 183 g/mol. The Bertz CT molecular complexity index is 271. The minimum atomic E-state index is -0.0692. The summed E-state index contributed by atoms with van der Waals surface area (Å²) in [6.07, 6.45) is 0. The zero-order valence-corrected chi connectivity index (χ0v) is 7.58. The fourth-order valence-electron chi connectivity index (χ4n) is 0.910. The van der Waals surface area contributed by atoms with Gasteiger partial charge in [0.15, 0.2) is 0 Å². The summed E-state index contributed by atoms with van der Waals surface area (Å²) in [5.74, 6) is 0. The Morgan fingerprint density at radius 1 is 1.36 bits per heavy atom. The maximum absolute atomic E-state index is 8.82. The van der Waals surface area contributed by atoms with Crippen molar-refractivity contribution in [3.63, 3.8) is 0 Å². The van der Waals surface area contributed by atoms with Crippen LogP contribution in [0, 0.1) is 6.92 Å². The number of aliphatic hydroxyl groups is 1. The lowest BCUT2D eigenvalue weighted by molar-refractivity contribution is 0.282. The number of aliphatic hydroxyl groups excluding tert-OH is 1. The maximum Gasteiger partial charge on any atom is 0.0697 e. The lowest BCUT2D eigenvalue weighted by Crippen LogP contribution is -1.87. The number of benzene rings is 1.